The first-order chi connectivity index (χ1) is 26.3. The molecule has 22 heteroatoms. The highest BCUT2D eigenvalue weighted by molar-refractivity contribution is 6.28. The molecule has 3 heterocycles. The maximum Gasteiger partial charge on any atom is 0.230 e. The molecule has 0 aliphatic carbocycles. The molecule has 0 atom stereocenters. The topological polar surface area (TPSA) is 248 Å². The highest BCUT2D eigenvalue weighted by atomic mass is 35.5. The Morgan fingerprint density at radius 3 is 0.964 bits per heavy atom. The Morgan fingerprint density at radius 1 is 0.482 bits per heavy atom. The van der Waals surface area contributed by atoms with Crippen LogP contribution < -0.4 is 48.3 Å². The first-order valence-corrected chi connectivity index (χ1v) is 17.8. The molecule has 0 radical (unpaired) electrons. The molecule has 19 nitrogen and oxygen atoms in total. The van der Waals surface area contributed by atoms with E-state index >= 15 is 0 Å². The van der Waals surface area contributed by atoms with E-state index < -0.39 is 0 Å². The van der Waals surface area contributed by atoms with Gasteiger partial charge < -0.3 is 53.0 Å². The van der Waals surface area contributed by atoms with E-state index in [4.69, 9.17) is 35.6 Å². The van der Waals surface area contributed by atoms with E-state index in [1.807, 2.05) is 20.8 Å². The number of rotatable bonds is 19. The number of ether oxygens (including phenoxy) is 1. The van der Waals surface area contributed by atoms with Gasteiger partial charge in [-0.25, -0.2) is 0 Å². The van der Waals surface area contributed by atoms with Crippen LogP contribution in [-0.2, 0) is 4.74 Å². The molecule has 3 aromatic heterocycles. The summed E-state index contributed by atoms with van der Waals surface area (Å²) in [7, 11) is 5.01. The smallest absolute Gasteiger partial charge is 0.230 e. The fraction of sp³-hybridized carbons (Fsp3) is 0.559. The largest absolute Gasteiger partial charge is 0.382 e. The van der Waals surface area contributed by atoms with E-state index in [1.165, 1.54) is 7.05 Å². The molecular formula is C34H61Cl3N18O. The Labute approximate surface area is 350 Å². The minimum absolute atomic E-state index is 0. The van der Waals surface area contributed by atoms with Gasteiger partial charge in [0, 0.05) is 46.9 Å². The molecular weight excluding hydrogens is 783 g/mol. The average Bonchev–Trinajstić information content (AvgIpc) is 3.20. The molecule has 56 heavy (non-hydrogen) atoms. The molecule has 314 valence electrons. The minimum atomic E-state index is 0. The lowest BCUT2D eigenvalue weighted by molar-refractivity contribution is 0.162. The molecule has 0 aliphatic heterocycles. The highest BCUT2D eigenvalue weighted by Crippen LogP contribution is 2.10. The molecule has 0 saturated heterocycles. The van der Waals surface area contributed by atoms with Crippen LogP contribution in [0.2, 0.25) is 5.28 Å². The summed E-state index contributed by atoms with van der Waals surface area (Å²) in [5, 5.41) is 23.7. The first-order valence-electron chi connectivity index (χ1n) is 17.5. The predicted octanol–water partition coefficient (Wildman–Crippen LogP) is 4.41. The molecule has 3 aromatic rings. The van der Waals surface area contributed by atoms with E-state index in [-0.39, 0.29) is 30.1 Å². The van der Waals surface area contributed by atoms with Crippen molar-refractivity contribution in [3.8, 4) is 37.0 Å². The third kappa shape index (κ3) is 30.3. The van der Waals surface area contributed by atoms with Crippen LogP contribution in [0.25, 0.3) is 0 Å². The summed E-state index contributed by atoms with van der Waals surface area (Å²) in [5.41, 5.74) is 4.50. The summed E-state index contributed by atoms with van der Waals surface area (Å²) < 4.78 is 4.83. The Kier molecular flexibility index (Phi) is 42.3. The van der Waals surface area contributed by atoms with Gasteiger partial charge >= 0.3 is 0 Å². The summed E-state index contributed by atoms with van der Waals surface area (Å²) >= 11 is 5.71. The van der Waals surface area contributed by atoms with Crippen molar-refractivity contribution in [1.29, 1.82) is 0 Å². The summed E-state index contributed by atoms with van der Waals surface area (Å²) in [6, 6.07) is 0. The second-order valence-electron chi connectivity index (χ2n) is 9.60. The number of nitrogens with zero attached hydrogens (tertiary/aromatic N) is 9. The van der Waals surface area contributed by atoms with E-state index in [2.05, 4.69) is 125 Å². The van der Waals surface area contributed by atoms with Gasteiger partial charge in [0.1, 0.15) is 0 Å². The van der Waals surface area contributed by atoms with Crippen molar-refractivity contribution in [2.45, 2.75) is 53.9 Å². The van der Waals surface area contributed by atoms with E-state index in [9.17, 15) is 0 Å². The molecule has 0 aliphatic rings. The maximum atomic E-state index is 5.71. The number of nitrogens with one attached hydrogen (secondary N) is 8. The third-order valence-electron chi connectivity index (χ3n) is 5.38. The average molecular weight is 844 g/mol. The number of anilines is 8. The Bertz CT molecular complexity index is 1440. The highest BCUT2D eigenvalue weighted by Gasteiger charge is 2.05. The Hall–Kier alpha value is -5.10. The molecule has 0 unspecified atom stereocenters. The number of nitrogens with two attached hydrogens (primary N) is 1. The van der Waals surface area contributed by atoms with Gasteiger partial charge in [-0.2, -0.15) is 44.9 Å². The van der Waals surface area contributed by atoms with Crippen LogP contribution in [0, 0.1) is 37.0 Å². The van der Waals surface area contributed by atoms with Crippen LogP contribution in [-0.4, -0.2) is 118 Å². The van der Waals surface area contributed by atoms with Crippen molar-refractivity contribution in [2.24, 2.45) is 5.73 Å². The van der Waals surface area contributed by atoms with Gasteiger partial charge in [0.25, 0.3) is 0 Å². The quantitative estimate of drug-likeness (QED) is 0.0758. The molecule has 3 rings (SSSR count). The van der Waals surface area contributed by atoms with Gasteiger partial charge in [0.2, 0.25) is 52.9 Å². The van der Waals surface area contributed by atoms with E-state index in [1.54, 1.807) is 14.1 Å². The first kappa shape index (κ1) is 57.6. The number of terminal acetylenes is 3. The molecule has 0 aromatic carbocycles. The number of hydrogen-bond acceptors (Lipinski definition) is 19. The van der Waals surface area contributed by atoms with E-state index in [0.29, 0.717) is 67.2 Å². The second-order valence-corrected chi connectivity index (χ2v) is 9.94. The van der Waals surface area contributed by atoms with Gasteiger partial charge in [-0.05, 0) is 51.8 Å². The standard InChI is InChI=1S/2C10H16N6.C9H12ClN5.C4H10O.CH5N.2ClH/c2*1-4-6-12-9-14-8(11-3)15-10(16-9)13-7-5-2;1-3-5-11-8-13-7(10)14-9(15-8)12-6-4-2;1-3-5-4-2;1-2;;/h2*1H,5-7H2,2-3H3,(H3,11,12,13,14,15,16);1H,4-6H2,2H3,(H2,11,12,13,14,15);3-4H2,1-2H3;2H2,1H3;2*1H. The lowest BCUT2D eigenvalue weighted by Crippen LogP contribution is -2.11. The molecule has 0 saturated carbocycles. The molecule has 0 bridgehead atoms. The van der Waals surface area contributed by atoms with Gasteiger partial charge in [0.15, 0.2) is 0 Å². The number of aromatic nitrogens is 9. The zero-order valence-corrected chi connectivity index (χ0v) is 36.1. The number of halogens is 3. The van der Waals surface area contributed by atoms with Crippen LogP contribution in [0.15, 0.2) is 0 Å². The Morgan fingerprint density at radius 2 is 0.732 bits per heavy atom. The second kappa shape index (κ2) is 41.1. The van der Waals surface area contributed by atoms with Gasteiger partial charge in [0.05, 0.1) is 19.6 Å². The van der Waals surface area contributed by atoms with Gasteiger partial charge in [-0.1, -0.05) is 38.5 Å². The molecule has 0 fully saturated rings. The van der Waals surface area contributed by atoms with Crippen LogP contribution in [0.1, 0.15) is 53.9 Å². The summed E-state index contributed by atoms with van der Waals surface area (Å²) in [6.45, 7) is 15.4. The Balaban J connectivity index is -0.000000328. The van der Waals surface area contributed by atoms with Crippen molar-refractivity contribution in [3.63, 3.8) is 0 Å². The zero-order chi connectivity index (χ0) is 40.8. The maximum absolute atomic E-state index is 5.71. The van der Waals surface area contributed by atoms with Crippen molar-refractivity contribution in [1.82, 2.24) is 44.9 Å². The lowest BCUT2D eigenvalue weighted by Gasteiger charge is -2.07. The monoisotopic (exact) mass is 842 g/mol. The number of hydrogen-bond donors (Lipinski definition) is 9. The lowest BCUT2D eigenvalue weighted by atomic mass is 10.5. The zero-order valence-electron chi connectivity index (χ0n) is 33.7. The third-order valence-corrected chi connectivity index (χ3v) is 5.55. The normalized spacial score (nSPS) is 8.70. The summed E-state index contributed by atoms with van der Waals surface area (Å²) in [5.74, 6) is 11.2. The van der Waals surface area contributed by atoms with Gasteiger partial charge in [-0.3, -0.25) is 0 Å². The van der Waals surface area contributed by atoms with Crippen molar-refractivity contribution < 1.29 is 4.74 Å². The molecule has 10 N–H and O–H groups in total. The SMILES string of the molecule is C#CCNc1nc(Cl)nc(NCCC)n1.C#CCNc1nc(NC)nc(NCCC)n1.C#CCNc1nc(NC)nc(NCCC)n1.CCOCC.CN.Cl.Cl. The van der Waals surface area contributed by atoms with Crippen molar-refractivity contribution >= 4 is 84.0 Å². The fourth-order valence-electron chi connectivity index (χ4n) is 3.10. The fourth-order valence-corrected chi connectivity index (χ4v) is 3.26. The van der Waals surface area contributed by atoms with Gasteiger partial charge in [-0.15, -0.1) is 44.1 Å². The van der Waals surface area contributed by atoms with Crippen LogP contribution in [0.3, 0.4) is 0 Å². The van der Waals surface area contributed by atoms with Crippen LogP contribution >= 0.6 is 36.4 Å². The molecule has 0 amide bonds. The van der Waals surface area contributed by atoms with Crippen molar-refractivity contribution in [3.05, 3.63) is 5.28 Å². The summed E-state index contributed by atoms with van der Waals surface area (Å²) in [6.07, 6.45) is 18.4. The summed E-state index contributed by atoms with van der Waals surface area (Å²) in [4.78, 5) is 36.8. The van der Waals surface area contributed by atoms with Crippen molar-refractivity contribution in [2.75, 3.05) is 116 Å². The van der Waals surface area contributed by atoms with E-state index in [0.717, 1.165) is 52.1 Å². The molecule has 0 spiro atoms. The minimum Gasteiger partial charge on any atom is -0.382 e. The van der Waals surface area contributed by atoms with Crippen LogP contribution in [0.4, 0.5) is 47.6 Å². The predicted molar refractivity (Wildman–Crippen MR) is 239 cm³/mol. The van der Waals surface area contributed by atoms with Crippen LogP contribution in [0.5, 0.6) is 0 Å².